The normalized spacial score (nSPS) is 14.6. The van der Waals surface area contributed by atoms with E-state index in [-0.39, 0.29) is 0 Å². The highest BCUT2D eigenvalue weighted by Crippen LogP contribution is 1.87. The van der Waals surface area contributed by atoms with E-state index in [2.05, 4.69) is 6.58 Å². The molecule has 0 saturated heterocycles. The Hall–Kier alpha value is -3.12. The summed E-state index contributed by atoms with van der Waals surface area (Å²) in [6.45, 7) is 5.60. The van der Waals surface area contributed by atoms with Crippen molar-refractivity contribution in [3.8, 4) is 0 Å². The molecule has 0 N–H and O–H groups in total. The summed E-state index contributed by atoms with van der Waals surface area (Å²) in [7, 11) is 0. The molecule has 0 nitrogen and oxygen atoms in total. The molecule has 0 heteroatoms. The lowest BCUT2D eigenvalue weighted by atomic mass is 10.3. The van der Waals surface area contributed by atoms with Crippen LogP contribution in [0.1, 0.15) is 6.92 Å². The fourth-order valence-electron chi connectivity index (χ4n) is 1.41. The molecule has 0 unspecified atom stereocenters. The topological polar surface area (TPSA) is 0 Å². The second kappa shape index (κ2) is 20.9. The van der Waals surface area contributed by atoms with Gasteiger partial charge in [-0.3, -0.25) is 0 Å². The van der Waals surface area contributed by atoms with Crippen molar-refractivity contribution in [1.29, 1.82) is 0 Å². The van der Waals surface area contributed by atoms with Crippen molar-refractivity contribution < 1.29 is 0 Å². The molecule has 0 rings (SSSR count). The predicted octanol–water partition coefficient (Wildman–Crippen LogP) is 7.31. The lowest BCUT2D eigenvalue weighted by Gasteiger charge is -1.76. The van der Waals surface area contributed by atoms with Crippen LogP contribution in [-0.2, 0) is 0 Å². The van der Waals surface area contributed by atoms with Gasteiger partial charge in [0, 0.05) is 0 Å². The first kappa shape index (κ1) is 21.9. The van der Waals surface area contributed by atoms with E-state index in [9.17, 15) is 0 Å². The third kappa shape index (κ3) is 20.9. The molecule has 0 fully saturated rings. The molecule has 0 aliphatic rings. The molecule has 0 aromatic carbocycles. The molecule has 0 bridgehead atoms. The predicted molar refractivity (Wildman–Crippen MR) is 116 cm³/mol. The van der Waals surface area contributed by atoms with E-state index in [1.54, 1.807) is 6.08 Å². The quantitative estimate of drug-likeness (QED) is 0.349. The minimum absolute atomic E-state index is 1.75. The Balaban J connectivity index is 3.92. The molecule has 0 aromatic heterocycles. The average molecular weight is 328 g/mol. The van der Waals surface area contributed by atoms with Gasteiger partial charge in [0.05, 0.1) is 0 Å². The fourth-order valence-corrected chi connectivity index (χ4v) is 1.41. The highest BCUT2D eigenvalue weighted by atomic mass is 13.7. The van der Waals surface area contributed by atoms with Gasteiger partial charge >= 0.3 is 0 Å². The lowest BCUT2D eigenvalue weighted by Crippen LogP contribution is -1.54. The van der Waals surface area contributed by atoms with Crippen LogP contribution in [0.2, 0.25) is 0 Å². The van der Waals surface area contributed by atoms with E-state index in [0.29, 0.717) is 0 Å². The van der Waals surface area contributed by atoms with Crippen molar-refractivity contribution in [2.75, 3.05) is 0 Å². The van der Waals surface area contributed by atoms with Crippen molar-refractivity contribution in [1.82, 2.24) is 0 Å². The van der Waals surface area contributed by atoms with E-state index in [0.717, 1.165) is 0 Å². The summed E-state index contributed by atoms with van der Waals surface area (Å²) in [5.41, 5.74) is 0. The Kier molecular flexibility index (Phi) is 18.3. The van der Waals surface area contributed by atoms with Crippen LogP contribution in [0, 0.1) is 0 Å². The Labute approximate surface area is 153 Å². The maximum Gasteiger partial charge on any atom is -0.0467 e. The molecule has 0 aliphatic carbocycles. The highest BCUT2D eigenvalue weighted by molar-refractivity contribution is 5.23. The van der Waals surface area contributed by atoms with E-state index in [4.69, 9.17) is 0 Å². The Morgan fingerprint density at radius 1 is 0.320 bits per heavy atom. The first-order valence-corrected chi connectivity index (χ1v) is 8.32. The van der Waals surface area contributed by atoms with E-state index in [1.165, 1.54) is 0 Å². The van der Waals surface area contributed by atoms with Crippen molar-refractivity contribution in [3.05, 3.63) is 146 Å². The minimum atomic E-state index is 1.75. The van der Waals surface area contributed by atoms with Gasteiger partial charge in [-0.05, 0) is 6.92 Å². The number of rotatable bonds is 11. The van der Waals surface area contributed by atoms with Crippen LogP contribution in [0.3, 0.4) is 0 Å². The van der Waals surface area contributed by atoms with Crippen molar-refractivity contribution in [2.45, 2.75) is 6.92 Å². The molecule has 0 heterocycles. The van der Waals surface area contributed by atoms with Gasteiger partial charge in [0.25, 0.3) is 0 Å². The van der Waals surface area contributed by atoms with Crippen LogP contribution in [0.5, 0.6) is 0 Å². The maximum absolute atomic E-state index is 3.61. The summed E-state index contributed by atoms with van der Waals surface area (Å²) in [6, 6.07) is 0. The van der Waals surface area contributed by atoms with Gasteiger partial charge in [0.15, 0.2) is 0 Å². The second-order valence-electron chi connectivity index (χ2n) is 4.61. The molecule has 0 aromatic rings. The smallest absolute Gasteiger partial charge is 0.0467 e. The van der Waals surface area contributed by atoms with Crippen LogP contribution in [0.15, 0.2) is 146 Å². The van der Waals surface area contributed by atoms with E-state index >= 15 is 0 Å². The lowest BCUT2D eigenvalue weighted by molar-refractivity contribution is 1.73. The molecule has 0 radical (unpaired) electrons. The van der Waals surface area contributed by atoms with E-state index < -0.39 is 0 Å². The molecule has 0 spiro atoms. The van der Waals surface area contributed by atoms with Crippen LogP contribution in [0.4, 0.5) is 0 Å². The summed E-state index contributed by atoms with van der Waals surface area (Å²) < 4.78 is 0. The highest BCUT2D eigenvalue weighted by Gasteiger charge is 1.65. The first-order chi connectivity index (χ1) is 12.4. The Morgan fingerprint density at radius 2 is 0.520 bits per heavy atom. The van der Waals surface area contributed by atoms with Crippen molar-refractivity contribution >= 4 is 0 Å². The Bertz CT molecular complexity index is 634. The zero-order chi connectivity index (χ0) is 18.3. The summed E-state index contributed by atoms with van der Waals surface area (Å²) in [4.78, 5) is 0. The van der Waals surface area contributed by atoms with Crippen LogP contribution in [-0.4, -0.2) is 0 Å². The monoisotopic (exact) mass is 328 g/mol. The molecular weight excluding hydrogens is 300 g/mol. The largest absolute Gasteiger partial charge is 0.0991 e. The minimum Gasteiger partial charge on any atom is -0.0991 e. The maximum atomic E-state index is 3.61. The van der Waals surface area contributed by atoms with Crippen LogP contribution < -0.4 is 0 Å². The van der Waals surface area contributed by atoms with Gasteiger partial charge in [0.2, 0.25) is 0 Å². The van der Waals surface area contributed by atoms with Gasteiger partial charge in [-0.15, -0.1) is 0 Å². The zero-order valence-corrected chi connectivity index (χ0v) is 15.0. The molecule has 0 amide bonds. The van der Waals surface area contributed by atoms with Gasteiger partial charge < -0.3 is 0 Å². The fraction of sp³-hybridized carbons (Fsp3) is 0.0400. The van der Waals surface area contributed by atoms with Gasteiger partial charge in [0.1, 0.15) is 0 Å². The van der Waals surface area contributed by atoms with Crippen molar-refractivity contribution in [3.63, 3.8) is 0 Å². The standard InChI is InChI=1S/C25H28/c1-3-5-7-9-11-13-15-17-19-21-23-25-24-22-20-18-16-14-12-10-8-6-4-2/h3-25H,1H2,2H3/b6-4+,7-5+,10-8+,11-9+,14-12+,15-13+,18-16+,19-17+,22-20+,23-21+,25-24+. The summed E-state index contributed by atoms with van der Waals surface area (Å²) >= 11 is 0. The first-order valence-electron chi connectivity index (χ1n) is 8.32. The SMILES string of the molecule is C=C/C=C/C=C/C=C/C=C/C=C/C=C/C=C/C=C/C=C/C=C/C=C/C. The molecule has 128 valence electrons. The van der Waals surface area contributed by atoms with Gasteiger partial charge in [-0.2, -0.15) is 0 Å². The third-order valence-electron chi connectivity index (χ3n) is 2.55. The van der Waals surface area contributed by atoms with Crippen LogP contribution >= 0.6 is 0 Å². The molecular formula is C25H28. The van der Waals surface area contributed by atoms with E-state index in [1.807, 2.05) is 141 Å². The molecule has 0 atom stereocenters. The summed E-state index contributed by atoms with van der Waals surface area (Å²) in [5.74, 6) is 0. The summed E-state index contributed by atoms with van der Waals surface area (Å²) in [6.07, 6.45) is 45.4. The number of hydrogen-bond acceptors (Lipinski definition) is 0. The van der Waals surface area contributed by atoms with Gasteiger partial charge in [-0.1, -0.05) is 146 Å². The number of allylic oxidation sites excluding steroid dienone is 23. The molecule has 0 saturated carbocycles. The summed E-state index contributed by atoms with van der Waals surface area (Å²) in [5, 5.41) is 0. The number of hydrogen-bond donors (Lipinski definition) is 0. The second-order valence-corrected chi connectivity index (χ2v) is 4.61. The third-order valence-corrected chi connectivity index (χ3v) is 2.55. The Morgan fingerprint density at radius 3 is 0.720 bits per heavy atom. The zero-order valence-electron chi connectivity index (χ0n) is 15.0. The molecule has 0 aliphatic heterocycles. The van der Waals surface area contributed by atoms with Gasteiger partial charge in [-0.25, -0.2) is 0 Å². The van der Waals surface area contributed by atoms with Crippen LogP contribution in [0.25, 0.3) is 0 Å². The molecule has 25 heavy (non-hydrogen) atoms. The van der Waals surface area contributed by atoms with Crippen molar-refractivity contribution in [2.24, 2.45) is 0 Å². The average Bonchev–Trinajstić information content (AvgIpc) is 2.63.